The number of rotatable bonds is 4. The molecule has 7 nitrogen and oxygen atoms in total. The highest BCUT2D eigenvalue weighted by Gasteiger charge is 2.38. The zero-order valence-corrected chi connectivity index (χ0v) is 14.8. The first-order valence-corrected chi connectivity index (χ1v) is 7.48. The molecule has 3 N–H and O–H groups in total. The molecule has 0 saturated carbocycles. The number of nitrogens with one attached hydrogen (secondary N) is 1. The zero-order valence-electron chi connectivity index (χ0n) is 14.8. The Hall–Kier alpha value is -2.28. The molecule has 0 fully saturated rings. The van der Waals surface area contributed by atoms with E-state index in [1.165, 1.54) is 25.3 Å². The van der Waals surface area contributed by atoms with Gasteiger partial charge in [-0.3, -0.25) is 5.32 Å². The number of aliphatic hydroxyl groups excluding tert-OH is 1. The molecule has 0 aliphatic carbocycles. The molecule has 134 valence electrons. The number of carbonyl (C=O) groups excluding carboxylic acids is 2. The number of esters is 1. The summed E-state index contributed by atoms with van der Waals surface area (Å²) in [7, 11) is 1.17. The van der Waals surface area contributed by atoms with E-state index in [1.54, 1.807) is 34.6 Å². The van der Waals surface area contributed by atoms with E-state index in [1.807, 2.05) is 0 Å². The van der Waals surface area contributed by atoms with Crippen LogP contribution in [-0.4, -0.2) is 41.1 Å². The van der Waals surface area contributed by atoms with Crippen LogP contribution in [0.5, 0.6) is 5.75 Å². The van der Waals surface area contributed by atoms with Crippen LogP contribution in [0.4, 0.5) is 10.5 Å². The van der Waals surface area contributed by atoms with Crippen molar-refractivity contribution >= 4 is 17.7 Å². The lowest BCUT2D eigenvalue weighted by atomic mass is 9.78. The van der Waals surface area contributed by atoms with Crippen LogP contribution < -0.4 is 5.32 Å². The molecule has 1 atom stereocenters. The van der Waals surface area contributed by atoms with E-state index in [4.69, 9.17) is 4.74 Å². The summed E-state index contributed by atoms with van der Waals surface area (Å²) in [6.45, 7) is 8.40. The number of anilines is 1. The fourth-order valence-electron chi connectivity index (χ4n) is 2.14. The van der Waals surface area contributed by atoms with Gasteiger partial charge in [-0.2, -0.15) is 0 Å². The summed E-state index contributed by atoms with van der Waals surface area (Å²) >= 11 is 0. The lowest BCUT2D eigenvalue weighted by molar-refractivity contribution is -0.153. The van der Waals surface area contributed by atoms with Gasteiger partial charge >= 0.3 is 12.1 Å². The van der Waals surface area contributed by atoms with E-state index < -0.39 is 29.2 Å². The molecule has 0 aromatic heterocycles. The number of benzene rings is 1. The fourth-order valence-corrected chi connectivity index (χ4v) is 2.14. The minimum atomic E-state index is -1.48. The predicted octanol–water partition coefficient (Wildman–Crippen LogP) is 2.55. The van der Waals surface area contributed by atoms with Crippen molar-refractivity contribution in [1.29, 1.82) is 0 Å². The molecule has 0 aliphatic heterocycles. The lowest BCUT2D eigenvalue weighted by Crippen LogP contribution is -2.41. The van der Waals surface area contributed by atoms with Gasteiger partial charge in [-0.1, -0.05) is 13.8 Å². The molecular formula is C17H25NO6. The fraction of sp³-hybridized carbons (Fsp3) is 0.529. The van der Waals surface area contributed by atoms with Crippen molar-refractivity contribution in [3.05, 3.63) is 23.8 Å². The summed E-state index contributed by atoms with van der Waals surface area (Å²) in [4.78, 5) is 23.7. The topological polar surface area (TPSA) is 105 Å². The number of phenols is 1. The van der Waals surface area contributed by atoms with Crippen LogP contribution in [0.1, 0.15) is 40.2 Å². The Morgan fingerprint density at radius 2 is 1.75 bits per heavy atom. The van der Waals surface area contributed by atoms with Gasteiger partial charge in [0, 0.05) is 11.1 Å². The Morgan fingerprint density at radius 1 is 1.17 bits per heavy atom. The van der Waals surface area contributed by atoms with Gasteiger partial charge in [0.05, 0.1) is 7.11 Å². The molecule has 0 spiro atoms. The number of aliphatic hydroxyl groups is 1. The minimum Gasteiger partial charge on any atom is -0.508 e. The van der Waals surface area contributed by atoms with E-state index >= 15 is 0 Å². The number of ether oxygens (including phenoxy) is 2. The maximum absolute atomic E-state index is 12.0. The first-order chi connectivity index (χ1) is 10.9. The van der Waals surface area contributed by atoms with Crippen LogP contribution in [0, 0.1) is 0 Å². The van der Waals surface area contributed by atoms with Crippen LogP contribution in [0.3, 0.4) is 0 Å². The molecular weight excluding hydrogens is 314 g/mol. The van der Waals surface area contributed by atoms with Gasteiger partial charge in [-0.25, -0.2) is 9.59 Å². The highest BCUT2D eigenvalue weighted by molar-refractivity contribution is 5.87. The Bertz CT molecular complexity index is 618. The van der Waals surface area contributed by atoms with Crippen molar-refractivity contribution in [2.45, 2.75) is 51.7 Å². The number of aromatic hydroxyl groups is 1. The summed E-state index contributed by atoms with van der Waals surface area (Å²) in [5, 5.41) is 22.6. The average molecular weight is 339 g/mol. The Labute approximate surface area is 141 Å². The quantitative estimate of drug-likeness (QED) is 0.575. The molecule has 0 radical (unpaired) electrons. The summed E-state index contributed by atoms with van der Waals surface area (Å²) in [6, 6.07) is 4.23. The average Bonchev–Trinajstić information content (AvgIpc) is 2.45. The molecule has 0 aliphatic rings. The molecule has 1 rings (SSSR count). The van der Waals surface area contributed by atoms with E-state index in [9.17, 15) is 19.8 Å². The number of hydrogen-bond acceptors (Lipinski definition) is 6. The molecule has 1 aromatic carbocycles. The van der Waals surface area contributed by atoms with Crippen LogP contribution in [0.25, 0.3) is 0 Å². The first kappa shape index (κ1) is 19.8. The Balaban J connectivity index is 3.21. The lowest BCUT2D eigenvalue weighted by Gasteiger charge is -2.31. The second-order valence-corrected chi connectivity index (χ2v) is 7.00. The SMILES string of the molecule is COC(=O)C(O)C(C)(C)c1cc(O)ccc1NC(=O)OC(C)(C)C. The number of amides is 1. The smallest absolute Gasteiger partial charge is 0.412 e. The molecule has 1 aromatic rings. The van der Waals surface area contributed by atoms with Gasteiger partial charge in [0.2, 0.25) is 0 Å². The van der Waals surface area contributed by atoms with E-state index in [0.29, 0.717) is 11.3 Å². The summed E-state index contributed by atoms with van der Waals surface area (Å²) < 4.78 is 9.78. The van der Waals surface area contributed by atoms with Crippen LogP contribution in [0.2, 0.25) is 0 Å². The largest absolute Gasteiger partial charge is 0.508 e. The van der Waals surface area contributed by atoms with Crippen molar-refractivity contribution in [1.82, 2.24) is 0 Å². The van der Waals surface area contributed by atoms with Crippen molar-refractivity contribution in [3.63, 3.8) is 0 Å². The highest BCUT2D eigenvalue weighted by atomic mass is 16.6. The predicted molar refractivity (Wildman–Crippen MR) is 89.0 cm³/mol. The third-order valence-corrected chi connectivity index (χ3v) is 3.44. The monoisotopic (exact) mass is 339 g/mol. The third-order valence-electron chi connectivity index (χ3n) is 3.44. The first-order valence-electron chi connectivity index (χ1n) is 7.48. The van der Waals surface area contributed by atoms with Gasteiger partial charge in [0.1, 0.15) is 11.4 Å². The third kappa shape index (κ3) is 4.86. The Kier molecular flexibility index (Phi) is 5.84. The molecule has 0 saturated heterocycles. The molecule has 7 heteroatoms. The van der Waals surface area contributed by atoms with Gasteiger partial charge in [-0.05, 0) is 44.5 Å². The summed E-state index contributed by atoms with van der Waals surface area (Å²) in [5.41, 5.74) is -1.13. The number of methoxy groups -OCH3 is 1. The van der Waals surface area contributed by atoms with Crippen LogP contribution in [0.15, 0.2) is 18.2 Å². The van der Waals surface area contributed by atoms with Gasteiger partial charge < -0.3 is 19.7 Å². The van der Waals surface area contributed by atoms with Crippen molar-refractivity contribution in [2.75, 3.05) is 12.4 Å². The van der Waals surface area contributed by atoms with E-state index in [2.05, 4.69) is 10.1 Å². The van der Waals surface area contributed by atoms with Crippen LogP contribution in [-0.2, 0) is 19.7 Å². The second-order valence-electron chi connectivity index (χ2n) is 7.00. The van der Waals surface area contributed by atoms with Crippen molar-refractivity contribution < 1.29 is 29.3 Å². The zero-order chi connectivity index (χ0) is 18.7. The standard InChI is InChI=1S/C17H25NO6/c1-16(2,3)24-15(22)18-12-8-7-10(19)9-11(12)17(4,5)13(20)14(21)23-6/h7-9,13,19-20H,1-6H3,(H,18,22). The number of carbonyl (C=O) groups is 2. The second kappa shape index (κ2) is 7.09. The van der Waals surface area contributed by atoms with Gasteiger partial charge in [0.25, 0.3) is 0 Å². The van der Waals surface area contributed by atoms with Crippen molar-refractivity contribution in [3.8, 4) is 5.75 Å². The van der Waals surface area contributed by atoms with Crippen molar-refractivity contribution in [2.24, 2.45) is 0 Å². The number of phenolic OH excluding ortho intramolecular Hbond substituents is 1. The minimum absolute atomic E-state index is 0.0649. The highest BCUT2D eigenvalue weighted by Crippen LogP contribution is 2.36. The van der Waals surface area contributed by atoms with E-state index in [-0.39, 0.29) is 5.75 Å². The molecule has 24 heavy (non-hydrogen) atoms. The van der Waals surface area contributed by atoms with E-state index in [0.717, 1.165) is 0 Å². The molecule has 0 heterocycles. The normalized spacial score (nSPS) is 13.1. The van der Waals surface area contributed by atoms with Crippen LogP contribution >= 0.6 is 0 Å². The molecule has 0 bridgehead atoms. The summed E-state index contributed by atoms with van der Waals surface area (Å²) in [5.74, 6) is -0.878. The number of hydrogen-bond donors (Lipinski definition) is 3. The summed E-state index contributed by atoms with van der Waals surface area (Å²) in [6.07, 6.45) is -2.17. The molecule has 1 amide bonds. The Morgan fingerprint density at radius 3 is 2.25 bits per heavy atom. The van der Waals surface area contributed by atoms with Gasteiger partial charge in [-0.15, -0.1) is 0 Å². The van der Waals surface area contributed by atoms with Gasteiger partial charge in [0.15, 0.2) is 6.10 Å². The maximum Gasteiger partial charge on any atom is 0.412 e. The maximum atomic E-state index is 12.0. The molecule has 1 unspecified atom stereocenters.